The molecule has 81 heavy (non-hydrogen) atoms. The van der Waals surface area contributed by atoms with Crippen molar-refractivity contribution in [1.29, 1.82) is 0 Å². The molecular weight excluding hydrogens is 993 g/mol. The average Bonchev–Trinajstić information content (AvgIpc) is 3.47. The zero-order valence-electron chi connectivity index (χ0n) is 54.6. The number of rotatable bonds is 68. The van der Waals surface area contributed by atoms with E-state index < -0.39 is 6.10 Å². The second-order valence-electron chi connectivity index (χ2n) is 24.7. The van der Waals surface area contributed by atoms with Crippen molar-refractivity contribution in [2.75, 3.05) is 13.2 Å². The second kappa shape index (κ2) is 71.9. The Hall–Kier alpha value is -2.40. The van der Waals surface area contributed by atoms with Crippen LogP contribution in [0, 0.1) is 0 Å². The van der Waals surface area contributed by atoms with Crippen LogP contribution in [0.2, 0.25) is 0 Å². The SMILES string of the molecule is CC/C=C\C/C=C\C/C=C\C/C=C\C/C=C\CCCCCCCCCCCCCCCCCCCCCCCCCCCC(=O)OC(CO)COC(=O)CCCCCCCCCCCCCCCCCCCCCCCCCCCC. The van der Waals surface area contributed by atoms with E-state index >= 15 is 0 Å². The van der Waals surface area contributed by atoms with E-state index in [1.54, 1.807) is 0 Å². The summed E-state index contributed by atoms with van der Waals surface area (Å²) < 4.78 is 10.8. The topological polar surface area (TPSA) is 72.8 Å². The smallest absolute Gasteiger partial charge is 0.306 e. The monoisotopic (exact) mass is 1130 g/mol. The van der Waals surface area contributed by atoms with Crippen LogP contribution in [0.5, 0.6) is 0 Å². The van der Waals surface area contributed by atoms with Crippen LogP contribution in [-0.2, 0) is 19.1 Å². The molecule has 0 aromatic rings. The molecule has 0 saturated heterocycles. The lowest BCUT2D eigenvalue weighted by atomic mass is 10.0. The zero-order chi connectivity index (χ0) is 58.4. The molecule has 5 nitrogen and oxygen atoms in total. The number of esters is 2. The van der Waals surface area contributed by atoms with Crippen LogP contribution >= 0.6 is 0 Å². The Kier molecular flexibility index (Phi) is 69.7. The number of hydrogen-bond acceptors (Lipinski definition) is 5. The lowest BCUT2D eigenvalue weighted by molar-refractivity contribution is -0.161. The quantitative estimate of drug-likeness (QED) is 0.0373. The van der Waals surface area contributed by atoms with E-state index in [1.807, 2.05) is 0 Å². The summed E-state index contributed by atoms with van der Waals surface area (Å²) in [6.07, 6.45) is 98.5. The van der Waals surface area contributed by atoms with Gasteiger partial charge in [-0.3, -0.25) is 9.59 Å². The molecule has 0 amide bonds. The largest absolute Gasteiger partial charge is 0.462 e. The number of carbonyl (C=O) groups excluding carboxylic acids is 2. The molecule has 0 heterocycles. The minimum absolute atomic E-state index is 0.0587. The normalized spacial score (nSPS) is 12.5. The average molecular weight is 1130 g/mol. The van der Waals surface area contributed by atoms with Gasteiger partial charge in [-0.15, -0.1) is 0 Å². The molecule has 0 radical (unpaired) electrons. The number of hydrogen-bond donors (Lipinski definition) is 1. The first kappa shape index (κ1) is 78.6. The predicted molar refractivity (Wildman–Crippen MR) is 357 cm³/mol. The van der Waals surface area contributed by atoms with Crippen LogP contribution in [-0.4, -0.2) is 36.4 Å². The molecule has 0 saturated carbocycles. The van der Waals surface area contributed by atoms with Gasteiger partial charge in [-0.1, -0.05) is 383 Å². The van der Waals surface area contributed by atoms with Crippen LogP contribution in [0.4, 0.5) is 0 Å². The first-order chi connectivity index (χ1) is 40.1. The second-order valence-corrected chi connectivity index (χ2v) is 24.7. The van der Waals surface area contributed by atoms with Gasteiger partial charge in [0, 0.05) is 12.8 Å². The van der Waals surface area contributed by atoms with Crippen molar-refractivity contribution in [2.45, 2.75) is 399 Å². The summed E-state index contributed by atoms with van der Waals surface area (Å²) in [6, 6.07) is 0. The summed E-state index contributed by atoms with van der Waals surface area (Å²) in [4.78, 5) is 24.7. The highest BCUT2D eigenvalue weighted by Gasteiger charge is 2.16. The predicted octanol–water partition coefficient (Wildman–Crippen LogP) is 25.3. The summed E-state index contributed by atoms with van der Waals surface area (Å²) in [7, 11) is 0. The van der Waals surface area contributed by atoms with Crippen molar-refractivity contribution in [3.05, 3.63) is 60.8 Å². The number of aliphatic hydroxyl groups is 1. The van der Waals surface area contributed by atoms with E-state index in [0.29, 0.717) is 12.8 Å². The van der Waals surface area contributed by atoms with Crippen LogP contribution in [0.15, 0.2) is 60.8 Å². The van der Waals surface area contributed by atoms with Gasteiger partial charge in [-0.25, -0.2) is 0 Å². The Balaban J connectivity index is 3.38. The highest BCUT2D eigenvalue weighted by atomic mass is 16.6. The first-order valence-corrected chi connectivity index (χ1v) is 36.3. The lowest BCUT2D eigenvalue weighted by Gasteiger charge is -2.15. The minimum Gasteiger partial charge on any atom is -0.462 e. The van der Waals surface area contributed by atoms with Crippen LogP contribution in [0.3, 0.4) is 0 Å². The fourth-order valence-corrected chi connectivity index (χ4v) is 11.2. The minimum atomic E-state index is -0.770. The first-order valence-electron chi connectivity index (χ1n) is 36.3. The molecule has 0 rings (SSSR count). The standard InChI is InChI=1S/C76H140O5/c1-3-5-7-9-11-13-15-17-19-21-23-25-27-29-31-32-33-34-35-36-37-38-39-40-41-42-43-44-45-47-49-51-53-55-57-59-61-63-65-67-69-71-76(79)81-74(72-77)73-80-75(78)70-68-66-64-62-60-58-56-54-52-50-48-46-30-28-26-24-22-20-18-16-14-12-10-8-6-4-2/h5,7,11,13,17,19,23,25,29,31,74,77H,3-4,6,8-10,12,14-16,18,20-22,24,26-28,30,32-73H2,1-2H3/b7-5-,13-11-,19-17-,25-23-,31-29-. The van der Waals surface area contributed by atoms with E-state index in [2.05, 4.69) is 74.6 Å². The molecule has 0 fully saturated rings. The van der Waals surface area contributed by atoms with Crippen molar-refractivity contribution in [3.8, 4) is 0 Å². The maximum atomic E-state index is 12.4. The van der Waals surface area contributed by atoms with Crippen LogP contribution in [0.1, 0.15) is 393 Å². The van der Waals surface area contributed by atoms with Gasteiger partial charge < -0.3 is 14.6 Å². The van der Waals surface area contributed by atoms with Crippen molar-refractivity contribution in [1.82, 2.24) is 0 Å². The molecule has 0 aliphatic heterocycles. The van der Waals surface area contributed by atoms with Gasteiger partial charge in [0.15, 0.2) is 6.10 Å². The number of unbranched alkanes of at least 4 members (excludes halogenated alkanes) is 50. The van der Waals surface area contributed by atoms with Crippen molar-refractivity contribution in [3.63, 3.8) is 0 Å². The van der Waals surface area contributed by atoms with E-state index in [1.165, 1.54) is 302 Å². The molecule has 0 spiro atoms. The number of allylic oxidation sites excluding steroid dienone is 10. The Morgan fingerprint density at radius 3 is 0.802 bits per heavy atom. The summed E-state index contributed by atoms with van der Waals surface area (Å²) in [5, 5.41) is 9.71. The highest BCUT2D eigenvalue weighted by Crippen LogP contribution is 2.19. The highest BCUT2D eigenvalue weighted by molar-refractivity contribution is 5.70. The van der Waals surface area contributed by atoms with E-state index in [4.69, 9.17) is 9.47 Å². The van der Waals surface area contributed by atoms with Crippen LogP contribution < -0.4 is 0 Å². The fourth-order valence-electron chi connectivity index (χ4n) is 11.2. The maximum absolute atomic E-state index is 12.4. The van der Waals surface area contributed by atoms with Gasteiger partial charge in [0.2, 0.25) is 0 Å². The number of ether oxygens (including phenoxy) is 2. The molecule has 1 N–H and O–H groups in total. The molecule has 5 heteroatoms. The lowest BCUT2D eigenvalue weighted by Crippen LogP contribution is -2.28. The van der Waals surface area contributed by atoms with Crippen molar-refractivity contribution >= 4 is 11.9 Å². The van der Waals surface area contributed by atoms with Crippen molar-refractivity contribution in [2.24, 2.45) is 0 Å². The molecule has 0 aliphatic carbocycles. The van der Waals surface area contributed by atoms with Gasteiger partial charge in [0.05, 0.1) is 6.61 Å². The molecule has 0 aromatic carbocycles. The van der Waals surface area contributed by atoms with Gasteiger partial charge >= 0.3 is 11.9 Å². The number of carbonyl (C=O) groups is 2. The van der Waals surface area contributed by atoms with E-state index in [-0.39, 0.29) is 25.2 Å². The third-order valence-corrected chi connectivity index (χ3v) is 16.6. The third-order valence-electron chi connectivity index (χ3n) is 16.6. The summed E-state index contributed by atoms with van der Waals surface area (Å²) >= 11 is 0. The molecule has 1 unspecified atom stereocenters. The Bertz CT molecular complexity index is 1380. The van der Waals surface area contributed by atoms with E-state index in [0.717, 1.165) is 64.2 Å². The molecular formula is C76H140O5. The molecule has 0 aromatic heterocycles. The molecule has 1 atom stereocenters. The molecule has 474 valence electrons. The summed E-state index contributed by atoms with van der Waals surface area (Å²) in [6.45, 7) is 4.09. The fraction of sp³-hybridized carbons (Fsp3) is 0.842. The van der Waals surface area contributed by atoms with Gasteiger partial charge in [0.1, 0.15) is 6.61 Å². The van der Waals surface area contributed by atoms with Crippen LogP contribution in [0.25, 0.3) is 0 Å². The Morgan fingerprint density at radius 1 is 0.296 bits per heavy atom. The summed E-state index contributed by atoms with van der Waals surface area (Å²) in [5.41, 5.74) is 0. The third kappa shape index (κ3) is 70.0. The van der Waals surface area contributed by atoms with Gasteiger partial charge in [-0.05, 0) is 57.8 Å². The molecule has 0 aliphatic rings. The van der Waals surface area contributed by atoms with E-state index in [9.17, 15) is 14.7 Å². The Morgan fingerprint density at radius 2 is 0.531 bits per heavy atom. The summed E-state index contributed by atoms with van der Waals surface area (Å²) in [5.74, 6) is -0.564. The number of aliphatic hydroxyl groups excluding tert-OH is 1. The van der Waals surface area contributed by atoms with Gasteiger partial charge in [0.25, 0.3) is 0 Å². The zero-order valence-corrected chi connectivity index (χ0v) is 54.6. The molecule has 0 bridgehead atoms. The van der Waals surface area contributed by atoms with Gasteiger partial charge in [-0.2, -0.15) is 0 Å². The Labute approximate surface area is 506 Å². The maximum Gasteiger partial charge on any atom is 0.306 e. The van der Waals surface area contributed by atoms with Crippen molar-refractivity contribution < 1.29 is 24.2 Å².